The van der Waals surface area contributed by atoms with Gasteiger partial charge in [-0.05, 0) is 17.5 Å². The van der Waals surface area contributed by atoms with Crippen molar-refractivity contribution in [2.75, 3.05) is 44.2 Å². The Kier molecular flexibility index (Phi) is 6.24. The van der Waals surface area contributed by atoms with Crippen molar-refractivity contribution in [1.29, 1.82) is 0 Å². The van der Waals surface area contributed by atoms with Crippen LogP contribution in [0.2, 0.25) is 0 Å². The number of carbonyl (C=O) groups excluding carboxylic acids is 2. The fourth-order valence-electron chi connectivity index (χ4n) is 5.14. The van der Waals surface area contributed by atoms with Crippen LogP contribution in [0.1, 0.15) is 13.8 Å². The van der Waals surface area contributed by atoms with E-state index in [0.29, 0.717) is 50.0 Å². The number of hydrogen-bond acceptors (Lipinski definition) is 7. The number of H-pyrrole nitrogens is 1. The zero-order chi connectivity index (χ0) is 26.2. The van der Waals surface area contributed by atoms with E-state index in [-0.39, 0.29) is 23.9 Å². The number of benzene rings is 1. The largest absolute Gasteiger partial charge is 0.354 e. The Morgan fingerprint density at radius 1 is 1.08 bits per heavy atom. The van der Waals surface area contributed by atoms with Gasteiger partial charge in [-0.25, -0.2) is 19.3 Å². The summed E-state index contributed by atoms with van der Waals surface area (Å²) in [5.74, 6) is 1.60. The maximum absolute atomic E-state index is 13.6. The van der Waals surface area contributed by atoms with Crippen LogP contribution in [0.25, 0.3) is 28.2 Å². The third-order valence-corrected chi connectivity index (χ3v) is 7.27. The van der Waals surface area contributed by atoms with E-state index in [4.69, 9.17) is 4.98 Å². The highest BCUT2D eigenvalue weighted by Crippen LogP contribution is 2.31. The molecule has 3 aromatic heterocycles. The summed E-state index contributed by atoms with van der Waals surface area (Å²) in [4.78, 5) is 40.3. The second kappa shape index (κ2) is 9.86. The molecule has 6 rings (SSSR count). The van der Waals surface area contributed by atoms with Crippen LogP contribution in [-0.2, 0) is 4.79 Å². The molecule has 0 radical (unpaired) electrons. The van der Waals surface area contributed by atoms with E-state index >= 15 is 0 Å². The molecule has 38 heavy (non-hydrogen) atoms. The van der Waals surface area contributed by atoms with Crippen LogP contribution in [0.15, 0.2) is 49.1 Å². The van der Waals surface area contributed by atoms with Gasteiger partial charge in [0.1, 0.15) is 12.1 Å². The molecule has 2 aliphatic rings. The molecular formula is C26H30N10O2. The second-order valence-corrected chi connectivity index (χ2v) is 10.1. The van der Waals surface area contributed by atoms with Crippen molar-refractivity contribution >= 4 is 23.4 Å². The quantitative estimate of drug-likeness (QED) is 0.385. The van der Waals surface area contributed by atoms with Gasteiger partial charge in [0.25, 0.3) is 0 Å². The van der Waals surface area contributed by atoms with Gasteiger partial charge in [-0.15, -0.1) is 0 Å². The van der Waals surface area contributed by atoms with Gasteiger partial charge in [0, 0.05) is 50.0 Å². The van der Waals surface area contributed by atoms with Crippen molar-refractivity contribution in [2.24, 2.45) is 5.92 Å². The molecular weight excluding hydrogens is 484 g/mol. The number of aromatic amines is 1. The van der Waals surface area contributed by atoms with E-state index in [1.807, 2.05) is 46.3 Å². The van der Waals surface area contributed by atoms with E-state index in [1.165, 1.54) is 6.33 Å². The number of nitrogens with zero attached hydrogens (tertiary/aromatic N) is 8. The molecule has 2 aliphatic heterocycles. The van der Waals surface area contributed by atoms with Crippen LogP contribution < -0.4 is 10.2 Å². The molecule has 1 atom stereocenters. The first-order chi connectivity index (χ1) is 18.5. The number of hydrogen-bond donors (Lipinski definition) is 2. The molecule has 196 valence electrons. The van der Waals surface area contributed by atoms with Crippen LogP contribution in [0.4, 0.5) is 10.6 Å². The number of rotatable bonds is 7. The SMILES string of the molecule is CC(C)C1CN(CCN2CCNC(=O)C2)C(=O)N1c1ccn2ncc(-c3ccc(-c4ncn[nH]4)cc3)c2n1. The van der Waals surface area contributed by atoms with E-state index < -0.39 is 0 Å². The number of carbonyl (C=O) groups is 2. The van der Waals surface area contributed by atoms with E-state index in [9.17, 15) is 9.59 Å². The minimum atomic E-state index is -0.0560. The summed E-state index contributed by atoms with van der Waals surface area (Å²) in [6, 6.07) is 9.75. The predicted octanol–water partition coefficient (Wildman–Crippen LogP) is 1.88. The van der Waals surface area contributed by atoms with Crippen molar-refractivity contribution in [2.45, 2.75) is 19.9 Å². The highest BCUT2D eigenvalue weighted by atomic mass is 16.2. The summed E-state index contributed by atoms with van der Waals surface area (Å²) in [6.45, 7) is 7.94. The van der Waals surface area contributed by atoms with Crippen molar-refractivity contribution in [3.63, 3.8) is 0 Å². The molecule has 3 amide bonds. The standard InChI is InChI=1S/C26H30N10O2/c1-17(2)21-14-34(12-11-33-10-8-27-23(37)15-33)26(38)36(21)22-7-9-35-25(31-22)20(13-30-35)18-3-5-19(6-4-18)24-28-16-29-32-24/h3-7,9,13,16-17,21H,8,10-12,14-15H2,1-2H3,(H,27,37)(H,28,29,32). The summed E-state index contributed by atoms with van der Waals surface area (Å²) in [7, 11) is 0. The highest BCUT2D eigenvalue weighted by Gasteiger charge is 2.40. The molecule has 5 heterocycles. The van der Waals surface area contributed by atoms with Crippen LogP contribution in [0.5, 0.6) is 0 Å². The Bertz CT molecular complexity index is 1450. The summed E-state index contributed by atoms with van der Waals surface area (Å²) >= 11 is 0. The lowest BCUT2D eigenvalue weighted by molar-refractivity contribution is -0.124. The maximum Gasteiger partial charge on any atom is 0.326 e. The van der Waals surface area contributed by atoms with Gasteiger partial charge in [0.05, 0.1) is 18.8 Å². The summed E-state index contributed by atoms with van der Waals surface area (Å²) in [5, 5.41) is 14.1. The van der Waals surface area contributed by atoms with Crippen molar-refractivity contribution < 1.29 is 9.59 Å². The van der Waals surface area contributed by atoms with Crippen molar-refractivity contribution in [3.8, 4) is 22.5 Å². The molecule has 12 heteroatoms. The fourth-order valence-corrected chi connectivity index (χ4v) is 5.14. The van der Waals surface area contributed by atoms with Crippen LogP contribution >= 0.6 is 0 Å². The monoisotopic (exact) mass is 514 g/mol. The van der Waals surface area contributed by atoms with E-state index in [1.54, 1.807) is 10.7 Å². The summed E-state index contributed by atoms with van der Waals surface area (Å²) < 4.78 is 1.73. The van der Waals surface area contributed by atoms with Gasteiger partial charge in [-0.1, -0.05) is 38.1 Å². The first-order valence-electron chi connectivity index (χ1n) is 12.9. The van der Waals surface area contributed by atoms with Crippen molar-refractivity contribution in [3.05, 3.63) is 49.1 Å². The first-order valence-corrected chi connectivity index (χ1v) is 12.9. The summed E-state index contributed by atoms with van der Waals surface area (Å²) in [6.07, 6.45) is 5.13. The smallest absolute Gasteiger partial charge is 0.326 e. The Labute approximate surface area is 219 Å². The van der Waals surface area contributed by atoms with Gasteiger partial charge in [0.15, 0.2) is 11.5 Å². The number of nitrogens with one attached hydrogen (secondary N) is 2. The minimum Gasteiger partial charge on any atom is -0.354 e. The lowest BCUT2D eigenvalue weighted by Crippen LogP contribution is -2.49. The molecule has 2 fully saturated rings. The number of anilines is 1. The number of piperazine rings is 1. The molecule has 0 aliphatic carbocycles. The fraction of sp³-hybridized carbons (Fsp3) is 0.385. The van der Waals surface area contributed by atoms with Crippen LogP contribution in [0.3, 0.4) is 0 Å². The Morgan fingerprint density at radius 3 is 2.63 bits per heavy atom. The Balaban J connectivity index is 1.26. The molecule has 4 aromatic rings. The molecule has 2 saturated heterocycles. The second-order valence-electron chi connectivity index (χ2n) is 10.1. The molecule has 12 nitrogen and oxygen atoms in total. The molecule has 0 spiro atoms. The molecule has 0 bridgehead atoms. The van der Waals surface area contributed by atoms with Crippen LogP contribution in [0, 0.1) is 5.92 Å². The number of fused-ring (bicyclic) bond motifs is 1. The molecule has 0 saturated carbocycles. The molecule has 2 N–H and O–H groups in total. The Morgan fingerprint density at radius 2 is 1.89 bits per heavy atom. The maximum atomic E-state index is 13.6. The van der Waals surface area contributed by atoms with E-state index in [2.05, 4.69) is 44.3 Å². The third-order valence-electron chi connectivity index (χ3n) is 7.27. The third kappa shape index (κ3) is 4.47. The lowest BCUT2D eigenvalue weighted by atomic mass is 10.0. The first kappa shape index (κ1) is 24.0. The summed E-state index contributed by atoms with van der Waals surface area (Å²) in [5.41, 5.74) is 3.46. The minimum absolute atomic E-state index is 0.00494. The zero-order valence-corrected chi connectivity index (χ0v) is 21.4. The normalized spacial score (nSPS) is 18.7. The van der Waals surface area contributed by atoms with Gasteiger partial charge in [-0.3, -0.25) is 19.7 Å². The average Bonchev–Trinajstić information content (AvgIpc) is 3.67. The average molecular weight is 515 g/mol. The topological polar surface area (TPSA) is 128 Å². The van der Waals surface area contributed by atoms with Gasteiger partial charge >= 0.3 is 6.03 Å². The van der Waals surface area contributed by atoms with Crippen molar-refractivity contribution in [1.82, 2.24) is 44.9 Å². The molecule has 1 unspecified atom stereocenters. The number of aromatic nitrogens is 6. The molecule has 1 aromatic carbocycles. The van der Waals surface area contributed by atoms with Crippen LogP contribution in [-0.4, -0.2) is 96.8 Å². The van der Waals surface area contributed by atoms with E-state index in [0.717, 1.165) is 23.2 Å². The number of urea groups is 1. The number of amides is 3. The highest BCUT2D eigenvalue weighted by molar-refractivity contribution is 5.94. The lowest BCUT2D eigenvalue weighted by Gasteiger charge is -2.28. The van der Waals surface area contributed by atoms with Gasteiger partial charge in [0.2, 0.25) is 5.91 Å². The Hall–Kier alpha value is -4.32. The zero-order valence-electron chi connectivity index (χ0n) is 21.4. The van der Waals surface area contributed by atoms with Gasteiger partial charge < -0.3 is 10.2 Å². The predicted molar refractivity (Wildman–Crippen MR) is 141 cm³/mol. The van der Waals surface area contributed by atoms with Gasteiger partial charge in [-0.2, -0.15) is 10.2 Å².